The van der Waals surface area contributed by atoms with Gasteiger partial charge in [0, 0.05) is 29.0 Å². The fourth-order valence-corrected chi connectivity index (χ4v) is 2.49. The third-order valence-corrected chi connectivity index (χ3v) is 3.46. The van der Waals surface area contributed by atoms with Crippen LogP contribution in [0.3, 0.4) is 0 Å². The molecule has 0 radical (unpaired) electrons. The second kappa shape index (κ2) is 6.09. The van der Waals surface area contributed by atoms with Crippen LogP contribution in [0.4, 0.5) is 5.69 Å². The number of carboxylic acids is 1. The minimum absolute atomic E-state index is 0.695. The summed E-state index contributed by atoms with van der Waals surface area (Å²) in [5, 5.41) is 16.8. The summed E-state index contributed by atoms with van der Waals surface area (Å²) in [6.07, 6.45) is 2.45. The number of aromatic nitrogens is 2. The highest BCUT2D eigenvalue weighted by atomic mass is 79.9. The molecular weight excluding hydrogens is 322 g/mol. The van der Waals surface area contributed by atoms with Crippen molar-refractivity contribution in [2.45, 2.75) is 19.4 Å². The van der Waals surface area contributed by atoms with Gasteiger partial charge < -0.3 is 10.4 Å². The zero-order valence-electron chi connectivity index (χ0n) is 11.3. The van der Waals surface area contributed by atoms with Gasteiger partial charge in [-0.1, -0.05) is 28.9 Å². The van der Waals surface area contributed by atoms with E-state index in [4.69, 9.17) is 0 Å². The Morgan fingerprint density at radius 2 is 2.30 bits per heavy atom. The normalized spacial score (nSPS) is 12.2. The minimum atomic E-state index is -0.923. The quantitative estimate of drug-likeness (QED) is 0.880. The van der Waals surface area contributed by atoms with Crippen LogP contribution in [0, 0.1) is 0 Å². The van der Waals surface area contributed by atoms with Crippen LogP contribution in [0.15, 0.2) is 34.9 Å². The minimum Gasteiger partial charge on any atom is -0.479 e. The number of carboxylic acid groups (broad SMARTS) is 1. The lowest BCUT2D eigenvalue weighted by Gasteiger charge is -2.15. The fraction of sp³-hybridized carbons (Fsp3) is 0.286. The van der Waals surface area contributed by atoms with Gasteiger partial charge in [-0.3, -0.25) is 4.68 Å². The highest BCUT2D eigenvalue weighted by Crippen LogP contribution is 2.24. The van der Waals surface area contributed by atoms with Gasteiger partial charge in [0.05, 0.1) is 5.69 Å². The van der Waals surface area contributed by atoms with Gasteiger partial charge in [-0.05, 0) is 24.6 Å². The van der Waals surface area contributed by atoms with Crippen molar-refractivity contribution in [2.75, 3.05) is 5.32 Å². The van der Waals surface area contributed by atoms with Crippen molar-refractivity contribution in [3.05, 3.63) is 46.2 Å². The zero-order chi connectivity index (χ0) is 14.7. The van der Waals surface area contributed by atoms with Crippen molar-refractivity contribution in [1.82, 2.24) is 9.78 Å². The fourth-order valence-electron chi connectivity index (χ4n) is 2.09. The largest absolute Gasteiger partial charge is 0.479 e. The third kappa shape index (κ3) is 3.19. The van der Waals surface area contributed by atoms with Gasteiger partial charge in [-0.2, -0.15) is 5.10 Å². The standard InChI is InChI=1S/C14H16BrN3O2/c1-3-12-11(8-18(2)17-12)13(14(19)20)16-10-6-4-5-9(15)7-10/h4-8,13,16H,3H2,1-2H3,(H,19,20). The highest BCUT2D eigenvalue weighted by molar-refractivity contribution is 9.10. The van der Waals surface area contributed by atoms with Crippen molar-refractivity contribution in [3.63, 3.8) is 0 Å². The van der Waals surface area contributed by atoms with E-state index in [2.05, 4.69) is 26.3 Å². The first-order valence-corrected chi connectivity index (χ1v) is 7.08. The van der Waals surface area contributed by atoms with Crippen LogP contribution in [0.5, 0.6) is 0 Å². The molecule has 5 nitrogen and oxygen atoms in total. The number of hydrogen-bond acceptors (Lipinski definition) is 3. The first-order valence-electron chi connectivity index (χ1n) is 6.28. The summed E-state index contributed by atoms with van der Waals surface area (Å²) in [4.78, 5) is 11.6. The Kier molecular flexibility index (Phi) is 4.44. The molecule has 1 aromatic carbocycles. The van der Waals surface area contributed by atoms with Crippen LogP contribution in [0.25, 0.3) is 0 Å². The first-order chi connectivity index (χ1) is 9.51. The maximum atomic E-state index is 11.6. The lowest BCUT2D eigenvalue weighted by atomic mass is 10.1. The molecule has 2 aromatic rings. The second-order valence-electron chi connectivity index (χ2n) is 4.48. The summed E-state index contributed by atoms with van der Waals surface area (Å²) in [6, 6.07) is 6.62. The number of aliphatic carboxylic acids is 1. The van der Waals surface area contributed by atoms with Crippen LogP contribution in [0.1, 0.15) is 24.2 Å². The van der Waals surface area contributed by atoms with Crippen molar-refractivity contribution in [3.8, 4) is 0 Å². The molecule has 0 saturated heterocycles. The van der Waals surface area contributed by atoms with E-state index in [9.17, 15) is 9.90 Å². The van der Waals surface area contributed by atoms with Gasteiger partial charge in [-0.25, -0.2) is 4.79 Å². The summed E-state index contributed by atoms with van der Waals surface area (Å²) in [5.74, 6) is -0.923. The first kappa shape index (κ1) is 14.6. The van der Waals surface area contributed by atoms with Crippen molar-refractivity contribution in [1.29, 1.82) is 0 Å². The Morgan fingerprint density at radius 3 is 2.90 bits per heavy atom. The maximum absolute atomic E-state index is 11.6. The molecule has 1 atom stereocenters. The van der Waals surface area contributed by atoms with Gasteiger partial charge in [-0.15, -0.1) is 0 Å². The molecule has 2 rings (SSSR count). The summed E-state index contributed by atoms with van der Waals surface area (Å²) >= 11 is 3.37. The monoisotopic (exact) mass is 337 g/mol. The van der Waals surface area contributed by atoms with Crippen molar-refractivity contribution in [2.24, 2.45) is 7.05 Å². The lowest BCUT2D eigenvalue weighted by Crippen LogP contribution is -2.21. The summed E-state index contributed by atoms with van der Waals surface area (Å²) in [7, 11) is 1.79. The Balaban J connectivity index is 2.34. The number of aryl methyl sites for hydroxylation is 2. The van der Waals surface area contributed by atoms with E-state index in [1.54, 1.807) is 17.9 Å². The molecule has 0 aliphatic carbocycles. The van der Waals surface area contributed by atoms with Gasteiger partial charge >= 0.3 is 5.97 Å². The highest BCUT2D eigenvalue weighted by Gasteiger charge is 2.24. The SMILES string of the molecule is CCc1nn(C)cc1C(Nc1cccc(Br)c1)C(=O)O. The van der Waals surface area contributed by atoms with Gasteiger partial charge in [0.1, 0.15) is 0 Å². The van der Waals surface area contributed by atoms with E-state index in [-0.39, 0.29) is 0 Å². The predicted octanol–water partition coefficient (Wildman–Crippen LogP) is 2.98. The molecule has 6 heteroatoms. The van der Waals surface area contributed by atoms with Gasteiger partial charge in [0.15, 0.2) is 6.04 Å². The number of anilines is 1. The van der Waals surface area contributed by atoms with Crippen LogP contribution in [-0.4, -0.2) is 20.9 Å². The molecule has 0 bridgehead atoms. The Bertz CT molecular complexity index is 625. The molecular formula is C14H16BrN3O2. The number of carbonyl (C=O) groups is 1. The number of rotatable bonds is 5. The van der Waals surface area contributed by atoms with Crippen molar-refractivity contribution < 1.29 is 9.90 Å². The Labute approximate surface area is 125 Å². The van der Waals surface area contributed by atoms with Crippen LogP contribution >= 0.6 is 15.9 Å². The molecule has 2 N–H and O–H groups in total. The van der Waals surface area contributed by atoms with E-state index < -0.39 is 12.0 Å². The number of halogens is 1. The van der Waals surface area contributed by atoms with E-state index in [1.165, 1.54) is 0 Å². The van der Waals surface area contributed by atoms with E-state index in [0.717, 1.165) is 15.9 Å². The Morgan fingerprint density at radius 1 is 1.55 bits per heavy atom. The van der Waals surface area contributed by atoms with Crippen molar-refractivity contribution >= 4 is 27.6 Å². The van der Waals surface area contributed by atoms with E-state index in [0.29, 0.717) is 12.0 Å². The zero-order valence-corrected chi connectivity index (χ0v) is 12.9. The third-order valence-electron chi connectivity index (χ3n) is 2.97. The average molecular weight is 338 g/mol. The van der Waals surface area contributed by atoms with E-state index in [1.807, 2.05) is 31.2 Å². The molecule has 0 saturated carbocycles. The number of nitrogens with one attached hydrogen (secondary N) is 1. The molecule has 0 amide bonds. The molecule has 1 unspecified atom stereocenters. The molecule has 0 aliphatic rings. The maximum Gasteiger partial charge on any atom is 0.330 e. The molecule has 1 aromatic heterocycles. The summed E-state index contributed by atoms with van der Waals surface area (Å²) in [6.45, 7) is 1.96. The molecule has 0 aliphatic heterocycles. The number of nitrogens with zero attached hydrogens (tertiary/aromatic N) is 2. The van der Waals surface area contributed by atoms with Crippen LogP contribution < -0.4 is 5.32 Å². The summed E-state index contributed by atoms with van der Waals surface area (Å²) < 4.78 is 2.54. The number of benzene rings is 1. The molecule has 0 spiro atoms. The topological polar surface area (TPSA) is 67.2 Å². The molecule has 0 fully saturated rings. The van der Waals surface area contributed by atoms with Gasteiger partial charge in [0.2, 0.25) is 0 Å². The van der Waals surface area contributed by atoms with Crippen LogP contribution in [0.2, 0.25) is 0 Å². The Hall–Kier alpha value is -1.82. The predicted molar refractivity (Wildman–Crippen MR) is 80.7 cm³/mol. The second-order valence-corrected chi connectivity index (χ2v) is 5.40. The molecule has 106 valence electrons. The molecule has 20 heavy (non-hydrogen) atoms. The summed E-state index contributed by atoms with van der Waals surface area (Å²) in [5.41, 5.74) is 2.24. The molecule has 1 heterocycles. The lowest BCUT2D eigenvalue weighted by molar-refractivity contribution is -0.138. The smallest absolute Gasteiger partial charge is 0.330 e. The average Bonchev–Trinajstić information content (AvgIpc) is 2.76. The van der Waals surface area contributed by atoms with E-state index >= 15 is 0 Å². The van der Waals surface area contributed by atoms with Gasteiger partial charge in [0.25, 0.3) is 0 Å². The number of hydrogen-bond donors (Lipinski definition) is 2. The van der Waals surface area contributed by atoms with Crippen LogP contribution in [-0.2, 0) is 18.3 Å².